The Bertz CT molecular complexity index is 987. The van der Waals surface area contributed by atoms with Gasteiger partial charge in [0.2, 0.25) is 0 Å². The van der Waals surface area contributed by atoms with Crippen LogP contribution in [0.3, 0.4) is 0 Å². The summed E-state index contributed by atoms with van der Waals surface area (Å²) in [5.41, 5.74) is 2.29. The van der Waals surface area contributed by atoms with Crippen molar-refractivity contribution in [1.82, 2.24) is 4.98 Å². The summed E-state index contributed by atoms with van der Waals surface area (Å²) in [6.07, 6.45) is 3.71. The largest absolute Gasteiger partial charge is 0.487 e. The zero-order valence-corrected chi connectivity index (χ0v) is 16.5. The van der Waals surface area contributed by atoms with Gasteiger partial charge in [-0.2, -0.15) is 0 Å². The highest BCUT2D eigenvalue weighted by Crippen LogP contribution is 2.15. The Morgan fingerprint density at radius 1 is 1.00 bits per heavy atom. The summed E-state index contributed by atoms with van der Waals surface area (Å²) in [4.78, 5) is 28.3. The molecule has 0 bridgehead atoms. The first-order valence-electron chi connectivity index (χ1n) is 9.47. The second kappa shape index (κ2) is 10.6. The van der Waals surface area contributed by atoms with Gasteiger partial charge in [-0.05, 0) is 55.0 Å². The maximum absolute atomic E-state index is 12.1. The highest BCUT2D eigenvalue weighted by Gasteiger charge is 2.16. The second-order valence-corrected chi connectivity index (χ2v) is 6.45. The van der Waals surface area contributed by atoms with E-state index in [1.807, 2.05) is 60.7 Å². The summed E-state index contributed by atoms with van der Waals surface area (Å²) in [6, 6.07) is 21.9. The molecule has 6 nitrogen and oxygen atoms in total. The molecule has 152 valence electrons. The summed E-state index contributed by atoms with van der Waals surface area (Å²) in [6.45, 7) is 1.91. The minimum Gasteiger partial charge on any atom is -0.487 e. The molecule has 2 aromatic carbocycles. The third-order valence-electron chi connectivity index (χ3n) is 4.11. The first kappa shape index (κ1) is 20.8. The van der Waals surface area contributed by atoms with Gasteiger partial charge in [-0.3, -0.25) is 9.78 Å². The predicted octanol–water partition coefficient (Wildman–Crippen LogP) is 4.24. The lowest BCUT2D eigenvalue weighted by molar-refractivity contribution is -0.148. The molecule has 0 aliphatic rings. The number of carbonyl (C=O) groups excluding carboxylic acids is 2. The minimum absolute atomic E-state index is 0.380. The van der Waals surface area contributed by atoms with E-state index in [0.29, 0.717) is 18.0 Å². The third kappa shape index (κ3) is 6.60. The van der Waals surface area contributed by atoms with Crippen molar-refractivity contribution in [1.29, 1.82) is 0 Å². The smallest absolute Gasteiger partial charge is 0.331 e. The van der Waals surface area contributed by atoms with E-state index in [0.717, 1.165) is 11.3 Å². The molecule has 30 heavy (non-hydrogen) atoms. The van der Waals surface area contributed by atoms with Crippen molar-refractivity contribution >= 4 is 23.6 Å². The van der Waals surface area contributed by atoms with E-state index in [1.165, 1.54) is 13.0 Å². The van der Waals surface area contributed by atoms with Crippen molar-refractivity contribution in [2.24, 2.45) is 0 Å². The van der Waals surface area contributed by atoms with E-state index >= 15 is 0 Å². The molecular formula is C24H22N2O4. The van der Waals surface area contributed by atoms with Crippen LogP contribution < -0.4 is 10.1 Å². The monoisotopic (exact) mass is 402 g/mol. The molecule has 0 fully saturated rings. The SMILES string of the molecule is CC(OC(=O)C=Cc1ccc(OCc2ccccn2)cc1)C(=O)Nc1ccccc1. The van der Waals surface area contributed by atoms with E-state index in [1.54, 1.807) is 24.4 Å². The zero-order chi connectivity index (χ0) is 21.2. The number of hydrogen-bond donors (Lipinski definition) is 1. The first-order chi connectivity index (χ1) is 14.6. The van der Waals surface area contributed by atoms with E-state index in [4.69, 9.17) is 9.47 Å². The number of para-hydroxylation sites is 1. The molecule has 3 rings (SSSR count). The Morgan fingerprint density at radius 2 is 1.73 bits per heavy atom. The number of carbonyl (C=O) groups is 2. The van der Waals surface area contributed by atoms with Crippen molar-refractivity contribution in [3.05, 3.63) is 96.3 Å². The molecule has 1 unspecified atom stereocenters. The molecule has 1 atom stereocenters. The van der Waals surface area contributed by atoms with E-state index in [-0.39, 0.29) is 0 Å². The standard InChI is InChI=1S/C24H22N2O4/c1-18(24(28)26-20-7-3-2-4-8-20)30-23(27)15-12-19-10-13-22(14-11-19)29-17-21-9-5-6-16-25-21/h2-16,18H,17H2,1H3,(H,26,28). The molecule has 6 heteroatoms. The first-order valence-corrected chi connectivity index (χ1v) is 9.47. The van der Waals surface area contributed by atoms with Crippen molar-refractivity contribution < 1.29 is 19.1 Å². The van der Waals surface area contributed by atoms with Gasteiger partial charge in [0, 0.05) is 18.0 Å². The number of benzene rings is 2. The van der Waals surface area contributed by atoms with Crippen molar-refractivity contribution in [3.63, 3.8) is 0 Å². The van der Waals surface area contributed by atoms with Gasteiger partial charge in [-0.15, -0.1) is 0 Å². The number of amides is 1. The summed E-state index contributed by atoms with van der Waals surface area (Å²) in [5, 5.41) is 2.69. The number of aromatic nitrogens is 1. The number of pyridine rings is 1. The fourth-order valence-corrected chi connectivity index (χ4v) is 2.51. The number of nitrogens with zero attached hydrogens (tertiary/aromatic N) is 1. The lowest BCUT2D eigenvalue weighted by atomic mass is 10.2. The van der Waals surface area contributed by atoms with Crippen LogP contribution in [0.25, 0.3) is 6.08 Å². The zero-order valence-electron chi connectivity index (χ0n) is 16.5. The summed E-state index contributed by atoms with van der Waals surface area (Å²) in [7, 11) is 0. The number of rotatable bonds is 8. The Kier molecular flexibility index (Phi) is 7.33. The molecule has 0 saturated carbocycles. The topological polar surface area (TPSA) is 77.5 Å². The molecule has 1 aromatic heterocycles. The molecule has 0 saturated heterocycles. The molecule has 1 heterocycles. The van der Waals surface area contributed by atoms with Crippen LogP contribution in [-0.2, 0) is 20.9 Å². The summed E-state index contributed by atoms with van der Waals surface area (Å²) < 4.78 is 10.8. The molecule has 0 aliphatic heterocycles. The number of nitrogens with one attached hydrogen (secondary N) is 1. The van der Waals surface area contributed by atoms with Crippen molar-refractivity contribution in [2.75, 3.05) is 5.32 Å². The van der Waals surface area contributed by atoms with Gasteiger partial charge >= 0.3 is 5.97 Å². The van der Waals surface area contributed by atoms with Crippen LogP contribution in [0.5, 0.6) is 5.75 Å². The Labute approximate surface area is 175 Å². The van der Waals surface area contributed by atoms with E-state index < -0.39 is 18.0 Å². The third-order valence-corrected chi connectivity index (χ3v) is 4.11. The van der Waals surface area contributed by atoms with E-state index in [2.05, 4.69) is 10.3 Å². The number of anilines is 1. The van der Waals surface area contributed by atoms with Crippen LogP contribution in [0.2, 0.25) is 0 Å². The Hall–Kier alpha value is -3.93. The van der Waals surface area contributed by atoms with Crippen LogP contribution >= 0.6 is 0 Å². The number of esters is 1. The predicted molar refractivity (Wildman–Crippen MR) is 115 cm³/mol. The van der Waals surface area contributed by atoms with Crippen LogP contribution in [0.4, 0.5) is 5.69 Å². The van der Waals surface area contributed by atoms with Crippen LogP contribution in [0.15, 0.2) is 85.1 Å². The Balaban J connectivity index is 1.46. The highest BCUT2D eigenvalue weighted by molar-refractivity contribution is 5.96. The highest BCUT2D eigenvalue weighted by atomic mass is 16.5. The molecule has 0 spiro atoms. The number of hydrogen-bond acceptors (Lipinski definition) is 5. The van der Waals surface area contributed by atoms with Crippen LogP contribution in [-0.4, -0.2) is 23.0 Å². The normalized spacial score (nSPS) is 11.6. The van der Waals surface area contributed by atoms with Crippen molar-refractivity contribution in [3.8, 4) is 5.75 Å². The summed E-state index contributed by atoms with van der Waals surface area (Å²) in [5.74, 6) is -0.287. The average molecular weight is 402 g/mol. The maximum Gasteiger partial charge on any atom is 0.331 e. The quantitative estimate of drug-likeness (QED) is 0.450. The van der Waals surface area contributed by atoms with Gasteiger partial charge < -0.3 is 14.8 Å². The molecule has 0 radical (unpaired) electrons. The molecule has 3 aromatic rings. The number of ether oxygens (including phenoxy) is 2. The van der Waals surface area contributed by atoms with Gasteiger partial charge in [-0.1, -0.05) is 36.4 Å². The fraction of sp³-hybridized carbons (Fsp3) is 0.125. The van der Waals surface area contributed by atoms with Gasteiger partial charge in [0.1, 0.15) is 12.4 Å². The minimum atomic E-state index is -0.912. The van der Waals surface area contributed by atoms with Crippen LogP contribution in [0, 0.1) is 0 Å². The summed E-state index contributed by atoms with van der Waals surface area (Å²) >= 11 is 0. The molecular weight excluding hydrogens is 380 g/mol. The molecule has 1 N–H and O–H groups in total. The Morgan fingerprint density at radius 3 is 2.43 bits per heavy atom. The average Bonchev–Trinajstić information content (AvgIpc) is 2.78. The van der Waals surface area contributed by atoms with Gasteiger partial charge in [0.25, 0.3) is 5.91 Å². The maximum atomic E-state index is 12.1. The second-order valence-electron chi connectivity index (χ2n) is 6.45. The van der Waals surface area contributed by atoms with Crippen molar-refractivity contribution in [2.45, 2.75) is 19.6 Å². The van der Waals surface area contributed by atoms with Gasteiger partial charge in [0.15, 0.2) is 6.10 Å². The van der Waals surface area contributed by atoms with Crippen LogP contribution in [0.1, 0.15) is 18.2 Å². The lowest BCUT2D eigenvalue weighted by Gasteiger charge is -2.12. The van der Waals surface area contributed by atoms with Gasteiger partial charge in [0.05, 0.1) is 5.69 Å². The molecule has 1 amide bonds. The molecule has 0 aliphatic carbocycles. The fourth-order valence-electron chi connectivity index (χ4n) is 2.51. The lowest BCUT2D eigenvalue weighted by Crippen LogP contribution is -2.29. The van der Waals surface area contributed by atoms with Gasteiger partial charge in [-0.25, -0.2) is 4.79 Å². The van der Waals surface area contributed by atoms with E-state index in [9.17, 15) is 9.59 Å².